The van der Waals surface area contributed by atoms with Crippen LogP contribution in [-0.4, -0.2) is 18.0 Å². The van der Waals surface area contributed by atoms with Crippen molar-refractivity contribution in [3.63, 3.8) is 0 Å². The number of hydrogen-bond acceptors (Lipinski definition) is 1. The summed E-state index contributed by atoms with van der Waals surface area (Å²) in [6, 6.07) is 8.87. The fourth-order valence-electron chi connectivity index (χ4n) is 2.65. The van der Waals surface area contributed by atoms with Crippen molar-refractivity contribution >= 4 is 5.70 Å². The molecule has 1 aromatic carbocycles. The van der Waals surface area contributed by atoms with E-state index in [2.05, 4.69) is 49.1 Å². The van der Waals surface area contributed by atoms with E-state index in [9.17, 15) is 0 Å². The summed E-state index contributed by atoms with van der Waals surface area (Å²) in [5.74, 6) is 0. The highest BCUT2D eigenvalue weighted by Crippen LogP contribution is 2.29. The Bertz CT molecular complexity index is 386. The van der Waals surface area contributed by atoms with Gasteiger partial charge in [0.15, 0.2) is 0 Å². The highest BCUT2D eigenvalue weighted by atomic mass is 15.1. The third-order valence-electron chi connectivity index (χ3n) is 3.37. The molecule has 0 aromatic heterocycles. The van der Waals surface area contributed by atoms with Crippen LogP contribution in [0.1, 0.15) is 44.2 Å². The molecule has 0 saturated carbocycles. The number of fused-ring (bicyclic) bond motifs is 1. The average Bonchev–Trinajstić information content (AvgIpc) is 2.38. The van der Waals surface area contributed by atoms with Gasteiger partial charge in [-0.15, -0.1) is 0 Å². The van der Waals surface area contributed by atoms with Crippen LogP contribution in [0.2, 0.25) is 0 Å². The van der Waals surface area contributed by atoms with E-state index in [0.717, 1.165) is 0 Å². The lowest BCUT2D eigenvalue weighted by Gasteiger charge is -2.30. The molecule has 1 aromatic rings. The molecular weight excluding hydrogens is 206 g/mol. The van der Waals surface area contributed by atoms with Crippen molar-refractivity contribution < 1.29 is 0 Å². The first-order valence-corrected chi connectivity index (χ1v) is 6.90. The lowest BCUT2D eigenvalue weighted by Crippen LogP contribution is -2.25. The monoisotopic (exact) mass is 229 g/mol. The smallest absolute Gasteiger partial charge is 0.0402 e. The second kappa shape index (κ2) is 5.90. The van der Waals surface area contributed by atoms with Crippen LogP contribution >= 0.6 is 0 Å². The Morgan fingerprint density at radius 2 is 1.76 bits per heavy atom. The van der Waals surface area contributed by atoms with E-state index in [-0.39, 0.29) is 0 Å². The Morgan fingerprint density at radius 3 is 2.47 bits per heavy atom. The van der Waals surface area contributed by atoms with Crippen LogP contribution in [0.15, 0.2) is 30.3 Å². The normalized spacial score (nSPS) is 14.1. The summed E-state index contributed by atoms with van der Waals surface area (Å²) in [5.41, 5.74) is 4.44. The van der Waals surface area contributed by atoms with Gasteiger partial charge in [0.1, 0.15) is 0 Å². The fraction of sp³-hybridized carbons (Fsp3) is 0.500. The molecule has 0 radical (unpaired) electrons. The standard InChI is InChI=1S/C16H23N/c1-3-12-17(13-4-2)16-11-7-9-14-8-5-6-10-15(14)16/h5-6,8,10-11H,3-4,7,9,12-13H2,1-2H3. The van der Waals surface area contributed by atoms with E-state index in [1.165, 1.54) is 55.6 Å². The summed E-state index contributed by atoms with van der Waals surface area (Å²) in [5, 5.41) is 0. The lowest BCUT2D eigenvalue weighted by atomic mass is 9.94. The van der Waals surface area contributed by atoms with Gasteiger partial charge in [-0.2, -0.15) is 0 Å². The molecule has 0 fully saturated rings. The van der Waals surface area contributed by atoms with Gasteiger partial charge in [-0.05, 0) is 31.2 Å². The van der Waals surface area contributed by atoms with Crippen molar-refractivity contribution in [1.29, 1.82) is 0 Å². The number of aryl methyl sites for hydroxylation is 1. The zero-order valence-electron chi connectivity index (χ0n) is 11.1. The summed E-state index contributed by atoms with van der Waals surface area (Å²) in [6.45, 7) is 6.87. The van der Waals surface area contributed by atoms with Crippen molar-refractivity contribution in [3.8, 4) is 0 Å². The molecule has 0 bridgehead atoms. The number of hydrogen-bond donors (Lipinski definition) is 0. The predicted molar refractivity (Wildman–Crippen MR) is 74.9 cm³/mol. The topological polar surface area (TPSA) is 3.24 Å². The minimum atomic E-state index is 1.17. The van der Waals surface area contributed by atoms with Crippen molar-refractivity contribution in [2.75, 3.05) is 13.1 Å². The molecule has 1 aliphatic rings. The Kier molecular flexibility index (Phi) is 4.24. The molecule has 0 N–H and O–H groups in total. The van der Waals surface area contributed by atoms with Crippen molar-refractivity contribution in [1.82, 2.24) is 4.90 Å². The second-order valence-corrected chi connectivity index (χ2v) is 4.77. The molecule has 0 unspecified atom stereocenters. The first kappa shape index (κ1) is 12.2. The van der Waals surface area contributed by atoms with Crippen LogP contribution in [-0.2, 0) is 6.42 Å². The Hall–Kier alpha value is -1.24. The molecule has 1 aliphatic carbocycles. The third kappa shape index (κ3) is 2.71. The summed E-state index contributed by atoms with van der Waals surface area (Å²) in [7, 11) is 0. The van der Waals surface area contributed by atoms with Gasteiger partial charge in [0.25, 0.3) is 0 Å². The molecule has 0 amide bonds. The zero-order chi connectivity index (χ0) is 12.1. The molecule has 0 atom stereocenters. The van der Waals surface area contributed by atoms with Crippen molar-refractivity contribution in [2.45, 2.75) is 39.5 Å². The van der Waals surface area contributed by atoms with Crippen LogP contribution in [0.5, 0.6) is 0 Å². The minimum absolute atomic E-state index is 1.17. The van der Waals surface area contributed by atoms with Gasteiger partial charge in [-0.3, -0.25) is 0 Å². The Labute approximate surface area is 105 Å². The summed E-state index contributed by atoms with van der Waals surface area (Å²) >= 11 is 0. The van der Waals surface area contributed by atoms with Crippen LogP contribution < -0.4 is 0 Å². The maximum atomic E-state index is 2.55. The molecule has 2 rings (SSSR count). The largest absolute Gasteiger partial charge is 0.371 e. The Balaban J connectivity index is 2.27. The van der Waals surface area contributed by atoms with Gasteiger partial charge in [0.05, 0.1) is 0 Å². The number of allylic oxidation sites excluding steroid dienone is 1. The third-order valence-corrected chi connectivity index (χ3v) is 3.37. The Morgan fingerprint density at radius 1 is 1.06 bits per heavy atom. The molecule has 0 spiro atoms. The number of rotatable bonds is 5. The molecule has 0 heterocycles. The summed E-state index contributed by atoms with van der Waals surface area (Å²) in [4.78, 5) is 2.55. The SMILES string of the molecule is CCCN(CCC)C1=CCCc2ccccc21. The van der Waals surface area contributed by atoms with Crippen molar-refractivity contribution in [2.24, 2.45) is 0 Å². The summed E-state index contributed by atoms with van der Waals surface area (Å²) in [6.07, 6.45) is 7.26. The number of nitrogens with zero attached hydrogens (tertiary/aromatic N) is 1. The van der Waals surface area contributed by atoms with Crippen LogP contribution in [0, 0.1) is 0 Å². The molecule has 1 heteroatoms. The number of benzene rings is 1. The first-order chi connectivity index (χ1) is 8.36. The summed E-state index contributed by atoms with van der Waals surface area (Å²) < 4.78 is 0. The van der Waals surface area contributed by atoms with E-state index in [4.69, 9.17) is 0 Å². The fourth-order valence-corrected chi connectivity index (χ4v) is 2.65. The predicted octanol–water partition coefficient (Wildman–Crippen LogP) is 4.10. The van der Waals surface area contributed by atoms with E-state index in [1.807, 2.05) is 0 Å². The minimum Gasteiger partial charge on any atom is -0.371 e. The second-order valence-electron chi connectivity index (χ2n) is 4.77. The van der Waals surface area contributed by atoms with Gasteiger partial charge in [-0.1, -0.05) is 44.2 Å². The van der Waals surface area contributed by atoms with Crippen LogP contribution in [0.25, 0.3) is 5.70 Å². The molecule has 1 nitrogen and oxygen atoms in total. The van der Waals surface area contributed by atoms with E-state index in [1.54, 1.807) is 0 Å². The van der Waals surface area contributed by atoms with Crippen LogP contribution in [0.4, 0.5) is 0 Å². The van der Waals surface area contributed by atoms with Crippen LogP contribution in [0.3, 0.4) is 0 Å². The molecule has 0 saturated heterocycles. The van der Waals surface area contributed by atoms with Gasteiger partial charge >= 0.3 is 0 Å². The van der Waals surface area contributed by atoms with Gasteiger partial charge in [-0.25, -0.2) is 0 Å². The average molecular weight is 229 g/mol. The quantitative estimate of drug-likeness (QED) is 0.735. The first-order valence-electron chi connectivity index (χ1n) is 6.90. The lowest BCUT2D eigenvalue weighted by molar-refractivity contribution is 0.393. The van der Waals surface area contributed by atoms with E-state index >= 15 is 0 Å². The zero-order valence-corrected chi connectivity index (χ0v) is 11.1. The molecule has 17 heavy (non-hydrogen) atoms. The molecular formula is C16H23N. The van der Waals surface area contributed by atoms with E-state index in [0.29, 0.717) is 0 Å². The van der Waals surface area contributed by atoms with Crippen molar-refractivity contribution in [3.05, 3.63) is 41.5 Å². The van der Waals surface area contributed by atoms with E-state index < -0.39 is 0 Å². The highest BCUT2D eigenvalue weighted by molar-refractivity contribution is 5.68. The van der Waals surface area contributed by atoms with Gasteiger partial charge in [0.2, 0.25) is 0 Å². The maximum Gasteiger partial charge on any atom is 0.0402 e. The maximum absolute atomic E-state index is 2.55. The van der Waals surface area contributed by atoms with Gasteiger partial charge in [0, 0.05) is 24.4 Å². The highest BCUT2D eigenvalue weighted by Gasteiger charge is 2.16. The van der Waals surface area contributed by atoms with Gasteiger partial charge < -0.3 is 4.90 Å². The molecule has 92 valence electrons. The molecule has 0 aliphatic heterocycles.